The van der Waals surface area contributed by atoms with Crippen molar-refractivity contribution < 1.29 is 9.53 Å². The van der Waals surface area contributed by atoms with Gasteiger partial charge in [0.2, 0.25) is 11.7 Å². The Morgan fingerprint density at radius 1 is 1.07 bits per heavy atom. The molecule has 3 aromatic rings. The van der Waals surface area contributed by atoms with E-state index in [0.29, 0.717) is 18.3 Å². The maximum Gasteiger partial charge on any atom is 0.246 e. The first kappa shape index (κ1) is 19.2. The first-order valence-electron chi connectivity index (χ1n) is 9.85. The highest BCUT2D eigenvalue weighted by atomic mass is 16.5. The number of likely N-dealkylation sites (tertiary alicyclic amines) is 1. The smallest absolute Gasteiger partial charge is 0.246 e. The molecule has 0 radical (unpaired) electrons. The molecule has 4 rings (SSSR count). The van der Waals surface area contributed by atoms with Gasteiger partial charge in [-0.15, -0.1) is 10.2 Å². The summed E-state index contributed by atoms with van der Waals surface area (Å²) in [6.45, 7) is 2.95. The van der Waals surface area contributed by atoms with E-state index in [-0.39, 0.29) is 12.5 Å². The number of hydrogen-bond donors (Lipinski definition) is 0. The molecule has 0 spiro atoms. The van der Waals surface area contributed by atoms with Gasteiger partial charge in [-0.2, -0.15) is 4.80 Å². The van der Waals surface area contributed by atoms with Crippen molar-refractivity contribution in [3.05, 3.63) is 60.4 Å². The molecular weight excluding hydrogens is 368 g/mol. The number of ether oxygens (including phenoxy) is 1. The molecule has 1 aliphatic rings. The van der Waals surface area contributed by atoms with E-state index >= 15 is 0 Å². The summed E-state index contributed by atoms with van der Waals surface area (Å²) >= 11 is 0. The second kappa shape index (κ2) is 9.38. The predicted molar refractivity (Wildman–Crippen MR) is 106 cm³/mol. The molecule has 0 unspecified atom stereocenters. The van der Waals surface area contributed by atoms with E-state index in [0.717, 1.165) is 38.1 Å². The number of piperidine rings is 1. The topological polar surface area (TPSA) is 86.0 Å². The van der Waals surface area contributed by atoms with Gasteiger partial charge in [0.25, 0.3) is 0 Å². The third-order valence-electron chi connectivity index (χ3n) is 5.10. The second-order valence-electron chi connectivity index (χ2n) is 7.20. The van der Waals surface area contributed by atoms with E-state index in [1.807, 2.05) is 35.2 Å². The highest BCUT2D eigenvalue weighted by Gasteiger charge is 2.23. The summed E-state index contributed by atoms with van der Waals surface area (Å²) in [5.41, 5.74) is 2.02. The van der Waals surface area contributed by atoms with Gasteiger partial charge in [0.15, 0.2) is 0 Å². The van der Waals surface area contributed by atoms with E-state index in [9.17, 15) is 4.79 Å². The van der Waals surface area contributed by atoms with Crippen LogP contribution in [0.4, 0.5) is 0 Å². The molecule has 0 saturated carbocycles. The number of amides is 1. The van der Waals surface area contributed by atoms with Crippen molar-refractivity contribution >= 4 is 5.91 Å². The molecular formula is C21H24N6O2. The van der Waals surface area contributed by atoms with Gasteiger partial charge in [0.05, 0.1) is 6.61 Å². The minimum atomic E-state index is 0.0207. The van der Waals surface area contributed by atoms with Gasteiger partial charge in [-0.25, -0.2) is 0 Å². The fourth-order valence-electron chi connectivity index (χ4n) is 3.41. The first-order chi connectivity index (χ1) is 14.3. The lowest BCUT2D eigenvalue weighted by Gasteiger charge is -2.31. The van der Waals surface area contributed by atoms with Crippen LogP contribution < -0.4 is 0 Å². The molecule has 150 valence electrons. The number of benzene rings is 1. The molecule has 1 saturated heterocycles. The average molecular weight is 392 g/mol. The summed E-state index contributed by atoms with van der Waals surface area (Å²) in [6.07, 6.45) is 5.25. The van der Waals surface area contributed by atoms with Gasteiger partial charge in [0.1, 0.15) is 6.54 Å². The van der Waals surface area contributed by atoms with Crippen LogP contribution in [0.3, 0.4) is 0 Å². The average Bonchev–Trinajstić information content (AvgIpc) is 3.24. The van der Waals surface area contributed by atoms with Crippen LogP contribution in [0, 0.1) is 5.92 Å². The lowest BCUT2D eigenvalue weighted by Crippen LogP contribution is -2.41. The zero-order chi connectivity index (χ0) is 19.9. The van der Waals surface area contributed by atoms with E-state index < -0.39 is 0 Å². The molecule has 0 bridgehead atoms. The number of rotatable bonds is 7. The van der Waals surface area contributed by atoms with Gasteiger partial charge in [-0.1, -0.05) is 30.3 Å². The van der Waals surface area contributed by atoms with Crippen molar-refractivity contribution in [3.63, 3.8) is 0 Å². The quantitative estimate of drug-likeness (QED) is 0.613. The molecule has 1 fully saturated rings. The lowest BCUT2D eigenvalue weighted by molar-refractivity contribution is -0.134. The molecule has 0 N–H and O–H groups in total. The van der Waals surface area contributed by atoms with E-state index in [2.05, 4.69) is 32.5 Å². The van der Waals surface area contributed by atoms with Gasteiger partial charge in [0, 0.05) is 37.7 Å². The van der Waals surface area contributed by atoms with Crippen LogP contribution in [0.25, 0.3) is 11.4 Å². The monoisotopic (exact) mass is 392 g/mol. The summed E-state index contributed by atoms with van der Waals surface area (Å²) in [5.74, 6) is 1.01. The van der Waals surface area contributed by atoms with Gasteiger partial charge in [-0.3, -0.25) is 9.78 Å². The minimum Gasteiger partial charge on any atom is -0.376 e. The van der Waals surface area contributed by atoms with Crippen molar-refractivity contribution in [1.82, 2.24) is 30.1 Å². The standard InChI is InChI=1S/C21H24N6O2/c28-20(14-27-24-21(23-25-27)19-6-10-22-11-7-19)26-12-8-18(9-13-26)16-29-15-17-4-2-1-3-5-17/h1-7,10-11,18H,8-9,12-16H2. The number of carbonyl (C=O) groups excluding carboxylic acids is 1. The summed E-state index contributed by atoms with van der Waals surface area (Å²) in [6, 6.07) is 13.8. The molecule has 29 heavy (non-hydrogen) atoms. The van der Waals surface area contributed by atoms with Gasteiger partial charge < -0.3 is 9.64 Å². The highest BCUT2D eigenvalue weighted by Crippen LogP contribution is 2.18. The van der Waals surface area contributed by atoms with Crippen LogP contribution in [0.2, 0.25) is 0 Å². The van der Waals surface area contributed by atoms with Crippen LogP contribution >= 0.6 is 0 Å². The molecule has 1 aromatic carbocycles. The lowest BCUT2D eigenvalue weighted by atomic mass is 9.98. The molecule has 3 heterocycles. The highest BCUT2D eigenvalue weighted by molar-refractivity contribution is 5.75. The summed E-state index contributed by atoms with van der Waals surface area (Å²) < 4.78 is 5.86. The van der Waals surface area contributed by atoms with Crippen molar-refractivity contribution in [2.45, 2.75) is 26.0 Å². The Morgan fingerprint density at radius 3 is 2.59 bits per heavy atom. The number of tetrazole rings is 1. The molecule has 8 nitrogen and oxygen atoms in total. The molecule has 0 atom stereocenters. The molecule has 1 aliphatic heterocycles. The fraction of sp³-hybridized carbons (Fsp3) is 0.381. The fourth-order valence-corrected chi connectivity index (χ4v) is 3.41. The number of nitrogens with zero attached hydrogens (tertiary/aromatic N) is 6. The Balaban J connectivity index is 1.21. The molecule has 0 aliphatic carbocycles. The summed E-state index contributed by atoms with van der Waals surface area (Å²) in [7, 11) is 0. The van der Waals surface area contributed by atoms with E-state index in [1.54, 1.807) is 12.4 Å². The third-order valence-corrected chi connectivity index (χ3v) is 5.10. The number of pyridine rings is 1. The zero-order valence-electron chi connectivity index (χ0n) is 16.2. The van der Waals surface area contributed by atoms with Crippen LogP contribution in [0.15, 0.2) is 54.9 Å². The molecule has 8 heteroatoms. The Morgan fingerprint density at radius 2 is 1.83 bits per heavy atom. The Bertz CT molecular complexity index is 907. The first-order valence-corrected chi connectivity index (χ1v) is 9.85. The number of aromatic nitrogens is 5. The van der Waals surface area contributed by atoms with E-state index in [1.165, 1.54) is 10.4 Å². The third kappa shape index (κ3) is 5.23. The van der Waals surface area contributed by atoms with Crippen molar-refractivity contribution in [2.24, 2.45) is 5.92 Å². The van der Waals surface area contributed by atoms with Crippen LogP contribution in [0.1, 0.15) is 18.4 Å². The van der Waals surface area contributed by atoms with E-state index in [4.69, 9.17) is 4.74 Å². The predicted octanol–water partition coefficient (Wildman–Crippen LogP) is 2.19. The second-order valence-corrected chi connectivity index (χ2v) is 7.20. The maximum absolute atomic E-state index is 12.6. The normalized spacial score (nSPS) is 14.8. The van der Waals surface area contributed by atoms with Gasteiger partial charge >= 0.3 is 0 Å². The van der Waals surface area contributed by atoms with Crippen molar-refractivity contribution in [1.29, 1.82) is 0 Å². The number of carbonyl (C=O) groups is 1. The Labute approximate surface area is 169 Å². The zero-order valence-corrected chi connectivity index (χ0v) is 16.2. The Kier molecular flexibility index (Phi) is 6.21. The summed E-state index contributed by atoms with van der Waals surface area (Å²) in [4.78, 5) is 19.8. The minimum absolute atomic E-state index is 0.0207. The largest absolute Gasteiger partial charge is 0.376 e. The SMILES string of the molecule is O=C(Cn1nnc(-c2ccncc2)n1)N1CCC(COCc2ccccc2)CC1. The maximum atomic E-state index is 12.6. The number of hydrogen-bond acceptors (Lipinski definition) is 6. The summed E-state index contributed by atoms with van der Waals surface area (Å²) in [5, 5.41) is 12.3. The van der Waals surface area contributed by atoms with Crippen molar-refractivity contribution in [2.75, 3.05) is 19.7 Å². The van der Waals surface area contributed by atoms with Crippen LogP contribution in [0.5, 0.6) is 0 Å². The Hall–Kier alpha value is -3.13. The molecule has 1 amide bonds. The van der Waals surface area contributed by atoms with Crippen LogP contribution in [-0.4, -0.2) is 55.7 Å². The van der Waals surface area contributed by atoms with Crippen LogP contribution in [-0.2, 0) is 22.7 Å². The molecule has 2 aromatic heterocycles. The van der Waals surface area contributed by atoms with Crippen molar-refractivity contribution in [3.8, 4) is 11.4 Å². The van der Waals surface area contributed by atoms with Gasteiger partial charge in [-0.05, 0) is 41.7 Å².